The molecule has 0 saturated heterocycles. The molecular weight excluding hydrogens is 419 g/mol. The van der Waals surface area contributed by atoms with Crippen molar-refractivity contribution in [3.05, 3.63) is 69.4 Å². The molecule has 28 heavy (non-hydrogen) atoms. The second kappa shape index (κ2) is 8.70. The molecular formula is C21H15Cl3N2O2. The molecule has 4 nitrogen and oxygen atoms in total. The SMILES string of the molecule is COC(=O)c1c(-c2ccc(Cl)cc2)c(-c2ccc(Cl)cc2Cl)cn1CCC#N. The van der Waals surface area contributed by atoms with Crippen LogP contribution < -0.4 is 0 Å². The molecule has 0 radical (unpaired) electrons. The van der Waals surface area contributed by atoms with Crippen molar-refractivity contribution >= 4 is 40.8 Å². The summed E-state index contributed by atoms with van der Waals surface area (Å²) in [6.07, 6.45) is 2.05. The molecule has 0 aliphatic rings. The summed E-state index contributed by atoms with van der Waals surface area (Å²) in [5.74, 6) is -0.501. The van der Waals surface area contributed by atoms with Gasteiger partial charge in [0.2, 0.25) is 0 Å². The second-order valence-electron chi connectivity index (χ2n) is 5.99. The first kappa shape index (κ1) is 20.3. The third kappa shape index (κ3) is 4.02. The maximum absolute atomic E-state index is 12.6. The predicted molar refractivity (Wildman–Crippen MR) is 112 cm³/mol. The molecule has 3 rings (SSSR count). The van der Waals surface area contributed by atoms with Gasteiger partial charge in [-0.25, -0.2) is 4.79 Å². The van der Waals surface area contributed by atoms with E-state index in [9.17, 15) is 4.79 Å². The van der Waals surface area contributed by atoms with Gasteiger partial charge in [-0.1, -0.05) is 53.0 Å². The van der Waals surface area contributed by atoms with Gasteiger partial charge in [0.15, 0.2) is 0 Å². The van der Waals surface area contributed by atoms with Crippen LogP contribution in [0.1, 0.15) is 16.9 Å². The third-order valence-electron chi connectivity index (χ3n) is 4.28. The number of hydrogen-bond acceptors (Lipinski definition) is 3. The zero-order chi connectivity index (χ0) is 20.3. The number of rotatable bonds is 5. The summed E-state index contributed by atoms with van der Waals surface area (Å²) in [6.45, 7) is 0.340. The zero-order valence-corrected chi connectivity index (χ0v) is 17.1. The van der Waals surface area contributed by atoms with Gasteiger partial charge in [-0.05, 0) is 29.8 Å². The van der Waals surface area contributed by atoms with Gasteiger partial charge in [0.1, 0.15) is 5.69 Å². The first-order valence-corrected chi connectivity index (χ1v) is 9.49. The van der Waals surface area contributed by atoms with Gasteiger partial charge >= 0.3 is 5.97 Å². The number of carbonyl (C=O) groups is 1. The normalized spacial score (nSPS) is 10.5. The van der Waals surface area contributed by atoms with E-state index in [1.165, 1.54) is 7.11 Å². The number of esters is 1. The molecule has 7 heteroatoms. The molecule has 0 unspecified atom stereocenters. The average Bonchev–Trinajstić information content (AvgIpc) is 3.05. The van der Waals surface area contributed by atoms with Crippen LogP contribution in [0, 0.1) is 11.3 Å². The molecule has 3 aromatic rings. The van der Waals surface area contributed by atoms with Crippen molar-refractivity contribution < 1.29 is 9.53 Å². The first-order valence-electron chi connectivity index (χ1n) is 8.36. The second-order valence-corrected chi connectivity index (χ2v) is 7.27. The summed E-state index contributed by atoms with van der Waals surface area (Å²) in [6, 6.07) is 14.4. The topological polar surface area (TPSA) is 55.0 Å². The van der Waals surface area contributed by atoms with Crippen LogP contribution in [0.3, 0.4) is 0 Å². The van der Waals surface area contributed by atoms with Gasteiger partial charge in [-0.3, -0.25) is 0 Å². The lowest BCUT2D eigenvalue weighted by molar-refractivity contribution is 0.0589. The molecule has 0 aliphatic carbocycles. The lowest BCUT2D eigenvalue weighted by Crippen LogP contribution is -2.11. The van der Waals surface area contributed by atoms with Crippen LogP contribution in [-0.2, 0) is 11.3 Å². The Morgan fingerprint density at radius 2 is 1.75 bits per heavy atom. The van der Waals surface area contributed by atoms with E-state index in [0.717, 1.165) is 16.7 Å². The number of carbonyl (C=O) groups excluding carboxylic acids is 1. The monoisotopic (exact) mass is 432 g/mol. The Morgan fingerprint density at radius 3 is 2.36 bits per heavy atom. The van der Waals surface area contributed by atoms with Crippen molar-refractivity contribution in [2.75, 3.05) is 7.11 Å². The van der Waals surface area contributed by atoms with Crippen molar-refractivity contribution in [2.24, 2.45) is 0 Å². The Balaban J connectivity index is 2.33. The summed E-state index contributed by atoms with van der Waals surface area (Å²) in [5, 5.41) is 10.5. The molecule has 0 spiro atoms. The smallest absolute Gasteiger partial charge is 0.355 e. The number of nitrogens with zero attached hydrogens (tertiary/aromatic N) is 2. The van der Waals surface area contributed by atoms with E-state index in [0.29, 0.717) is 32.9 Å². The lowest BCUT2D eigenvalue weighted by atomic mass is 9.96. The number of aromatic nitrogens is 1. The van der Waals surface area contributed by atoms with Gasteiger partial charge in [-0.2, -0.15) is 5.26 Å². The van der Waals surface area contributed by atoms with E-state index < -0.39 is 5.97 Å². The highest BCUT2D eigenvalue weighted by Gasteiger charge is 2.25. The largest absolute Gasteiger partial charge is 0.464 e. The van der Waals surface area contributed by atoms with Crippen LogP contribution in [0.5, 0.6) is 0 Å². The molecule has 1 heterocycles. The Bertz CT molecular complexity index is 1070. The number of aryl methyl sites for hydroxylation is 1. The fourth-order valence-corrected chi connectivity index (χ4v) is 3.68. The van der Waals surface area contributed by atoms with E-state index in [4.69, 9.17) is 44.8 Å². The average molecular weight is 434 g/mol. The number of halogens is 3. The minimum absolute atomic E-state index is 0.243. The fraction of sp³-hybridized carbons (Fsp3) is 0.143. The van der Waals surface area contributed by atoms with Crippen LogP contribution in [-0.4, -0.2) is 17.6 Å². The number of methoxy groups -OCH3 is 1. The summed E-state index contributed by atoms with van der Waals surface area (Å²) >= 11 is 18.5. The van der Waals surface area contributed by atoms with E-state index in [1.807, 2.05) is 18.3 Å². The zero-order valence-electron chi connectivity index (χ0n) is 14.9. The van der Waals surface area contributed by atoms with Gasteiger partial charge in [0.05, 0.1) is 19.6 Å². The van der Waals surface area contributed by atoms with Gasteiger partial charge in [0, 0.05) is 44.5 Å². The van der Waals surface area contributed by atoms with E-state index >= 15 is 0 Å². The molecule has 1 aromatic heterocycles. The number of ether oxygens (including phenoxy) is 1. The molecule has 0 saturated carbocycles. The van der Waals surface area contributed by atoms with Crippen molar-refractivity contribution in [3.8, 4) is 28.3 Å². The van der Waals surface area contributed by atoms with E-state index in [-0.39, 0.29) is 6.42 Å². The molecule has 142 valence electrons. The Labute approximate surface area is 177 Å². The van der Waals surface area contributed by atoms with Crippen molar-refractivity contribution in [3.63, 3.8) is 0 Å². The highest BCUT2D eigenvalue weighted by atomic mass is 35.5. The Hall–Kier alpha value is -2.45. The Kier molecular flexibility index (Phi) is 6.31. The minimum Gasteiger partial charge on any atom is -0.464 e. The highest BCUT2D eigenvalue weighted by molar-refractivity contribution is 6.36. The molecule has 0 bridgehead atoms. The van der Waals surface area contributed by atoms with Gasteiger partial charge in [-0.15, -0.1) is 0 Å². The third-order valence-corrected chi connectivity index (χ3v) is 5.08. The van der Waals surface area contributed by atoms with Crippen molar-refractivity contribution in [2.45, 2.75) is 13.0 Å². The van der Waals surface area contributed by atoms with Crippen LogP contribution >= 0.6 is 34.8 Å². The molecule has 0 atom stereocenters. The summed E-state index contributed by atoms with van der Waals surface area (Å²) < 4.78 is 6.74. The maximum atomic E-state index is 12.6. The summed E-state index contributed by atoms with van der Waals surface area (Å²) in [7, 11) is 1.32. The number of nitriles is 1. The van der Waals surface area contributed by atoms with Crippen molar-refractivity contribution in [1.82, 2.24) is 4.57 Å². The highest BCUT2D eigenvalue weighted by Crippen LogP contribution is 2.41. The lowest BCUT2D eigenvalue weighted by Gasteiger charge is -2.10. The first-order chi connectivity index (χ1) is 13.5. The van der Waals surface area contributed by atoms with Gasteiger partial charge < -0.3 is 9.30 Å². The molecule has 2 aromatic carbocycles. The number of benzene rings is 2. The van der Waals surface area contributed by atoms with Gasteiger partial charge in [0.25, 0.3) is 0 Å². The summed E-state index contributed by atoms with van der Waals surface area (Å²) in [4.78, 5) is 12.6. The molecule has 0 amide bonds. The van der Waals surface area contributed by atoms with E-state index in [2.05, 4.69) is 6.07 Å². The van der Waals surface area contributed by atoms with Crippen LogP contribution in [0.2, 0.25) is 15.1 Å². The van der Waals surface area contributed by atoms with Crippen LogP contribution in [0.15, 0.2) is 48.7 Å². The standard InChI is InChI=1S/C21H15Cl3N2O2/c1-28-21(27)20-19(13-3-5-14(22)6-4-13)17(12-26(20)10-2-9-25)16-8-7-15(23)11-18(16)24/h3-8,11-12H,2,10H2,1H3. The summed E-state index contributed by atoms with van der Waals surface area (Å²) in [5.41, 5.74) is 3.24. The van der Waals surface area contributed by atoms with Crippen molar-refractivity contribution in [1.29, 1.82) is 5.26 Å². The number of hydrogen-bond donors (Lipinski definition) is 0. The molecule has 0 N–H and O–H groups in total. The molecule has 0 fully saturated rings. The minimum atomic E-state index is -0.501. The van der Waals surface area contributed by atoms with Crippen LogP contribution in [0.4, 0.5) is 0 Å². The quantitative estimate of drug-likeness (QED) is 0.432. The molecule has 0 aliphatic heterocycles. The maximum Gasteiger partial charge on any atom is 0.355 e. The predicted octanol–water partition coefficient (Wildman–Crippen LogP) is 6.48. The van der Waals surface area contributed by atoms with Crippen LogP contribution in [0.25, 0.3) is 22.3 Å². The Morgan fingerprint density at radius 1 is 1.07 bits per heavy atom. The fourth-order valence-electron chi connectivity index (χ4n) is 3.04. The van der Waals surface area contributed by atoms with E-state index in [1.54, 1.807) is 34.9 Å².